The lowest BCUT2D eigenvalue weighted by atomic mass is 9.96. The van der Waals surface area contributed by atoms with Crippen molar-refractivity contribution in [1.29, 1.82) is 0 Å². The standard InChI is InChI=1S/C20H25N5O.CH2O2/c1-2-3-8-26-20-24-17-16(12-23-18(17)19(21)25-20)10-13-4-5-14-6-7-22-11-15(14)9-13;2-1-3/h4-5,9,12,22-23H,2-3,6-8,10-11H2,1H3,(H2,21,24,25);1H,(H,2,3). The van der Waals surface area contributed by atoms with E-state index >= 15 is 0 Å². The van der Waals surface area contributed by atoms with Gasteiger partial charge in [0.25, 0.3) is 6.47 Å². The van der Waals surface area contributed by atoms with Gasteiger partial charge in [-0.2, -0.15) is 9.97 Å². The molecule has 0 radical (unpaired) electrons. The summed E-state index contributed by atoms with van der Waals surface area (Å²) in [6.45, 7) is 4.49. The monoisotopic (exact) mass is 397 g/mol. The summed E-state index contributed by atoms with van der Waals surface area (Å²) in [7, 11) is 0. The van der Waals surface area contributed by atoms with Gasteiger partial charge in [0.05, 0.1) is 6.61 Å². The predicted octanol–water partition coefficient (Wildman–Crippen LogP) is 2.66. The molecule has 3 aromatic rings. The highest BCUT2D eigenvalue weighted by Gasteiger charge is 2.14. The van der Waals surface area contributed by atoms with Gasteiger partial charge in [0, 0.05) is 24.7 Å². The van der Waals surface area contributed by atoms with Crippen molar-refractivity contribution < 1.29 is 14.6 Å². The Morgan fingerprint density at radius 1 is 1.31 bits per heavy atom. The Hall–Kier alpha value is -3.13. The van der Waals surface area contributed by atoms with Gasteiger partial charge < -0.3 is 25.9 Å². The first-order valence-corrected chi connectivity index (χ1v) is 9.81. The van der Waals surface area contributed by atoms with Crippen molar-refractivity contribution in [2.45, 2.75) is 39.2 Å². The van der Waals surface area contributed by atoms with Gasteiger partial charge in [-0.1, -0.05) is 31.5 Å². The second-order valence-corrected chi connectivity index (χ2v) is 6.94. The fourth-order valence-corrected chi connectivity index (χ4v) is 3.43. The van der Waals surface area contributed by atoms with E-state index in [-0.39, 0.29) is 6.47 Å². The molecule has 2 aromatic heterocycles. The van der Waals surface area contributed by atoms with Crippen LogP contribution in [0.3, 0.4) is 0 Å². The Morgan fingerprint density at radius 3 is 2.93 bits per heavy atom. The topological polar surface area (TPSA) is 126 Å². The van der Waals surface area contributed by atoms with Crippen molar-refractivity contribution in [3.8, 4) is 6.01 Å². The molecule has 8 heteroatoms. The van der Waals surface area contributed by atoms with Crippen LogP contribution in [0.2, 0.25) is 0 Å². The third kappa shape index (κ3) is 5.03. The molecule has 29 heavy (non-hydrogen) atoms. The van der Waals surface area contributed by atoms with Crippen LogP contribution in [0, 0.1) is 0 Å². The van der Waals surface area contributed by atoms with Gasteiger partial charge in [-0.15, -0.1) is 0 Å². The molecule has 4 rings (SSSR count). The van der Waals surface area contributed by atoms with Crippen LogP contribution in [-0.4, -0.2) is 39.7 Å². The quantitative estimate of drug-likeness (QED) is 0.372. The summed E-state index contributed by atoms with van der Waals surface area (Å²) in [6, 6.07) is 7.12. The maximum Gasteiger partial charge on any atom is 0.319 e. The van der Waals surface area contributed by atoms with E-state index in [0.29, 0.717) is 18.4 Å². The van der Waals surface area contributed by atoms with Crippen molar-refractivity contribution in [3.05, 3.63) is 46.6 Å². The molecule has 3 heterocycles. The lowest BCUT2D eigenvalue weighted by molar-refractivity contribution is -0.122. The van der Waals surface area contributed by atoms with Crippen molar-refractivity contribution >= 4 is 23.3 Å². The molecule has 0 saturated heterocycles. The number of rotatable bonds is 6. The molecule has 5 N–H and O–H groups in total. The van der Waals surface area contributed by atoms with Gasteiger partial charge in [0.1, 0.15) is 11.0 Å². The third-order valence-corrected chi connectivity index (χ3v) is 4.89. The van der Waals surface area contributed by atoms with E-state index in [4.69, 9.17) is 20.4 Å². The molecule has 1 aliphatic rings. The zero-order valence-corrected chi connectivity index (χ0v) is 16.6. The van der Waals surface area contributed by atoms with E-state index in [1.165, 1.54) is 16.7 Å². The first kappa shape index (κ1) is 20.6. The zero-order chi connectivity index (χ0) is 20.6. The van der Waals surface area contributed by atoms with Gasteiger partial charge in [-0.3, -0.25) is 4.79 Å². The molecule has 0 fully saturated rings. The minimum absolute atomic E-state index is 0.250. The van der Waals surface area contributed by atoms with E-state index in [0.717, 1.165) is 55.4 Å². The summed E-state index contributed by atoms with van der Waals surface area (Å²) in [5.74, 6) is 0.433. The van der Waals surface area contributed by atoms with E-state index in [1.54, 1.807) is 0 Å². The highest BCUT2D eigenvalue weighted by molar-refractivity contribution is 5.87. The Kier molecular flexibility index (Phi) is 7.02. The second-order valence-electron chi connectivity index (χ2n) is 6.94. The van der Waals surface area contributed by atoms with Gasteiger partial charge in [0.15, 0.2) is 5.82 Å². The summed E-state index contributed by atoms with van der Waals surface area (Å²) in [6.07, 6.45) is 5.93. The first-order valence-electron chi connectivity index (χ1n) is 9.81. The number of anilines is 1. The van der Waals surface area contributed by atoms with Crippen LogP contribution in [0.15, 0.2) is 24.4 Å². The number of carbonyl (C=O) groups is 1. The highest BCUT2D eigenvalue weighted by Crippen LogP contribution is 2.26. The van der Waals surface area contributed by atoms with Crippen molar-refractivity contribution in [1.82, 2.24) is 20.3 Å². The fraction of sp³-hybridized carbons (Fsp3) is 0.381. The fourth-order valence-electron chi connectivity index (χ4n) is 3.43. The number of nitrogens with two attached hydrogens (primary N) is 1. The Balaban J connectivity index is 0.000000755. The van der Waals surface area contributed by atoms with E-state index in [2.05, 4.69) is 45.4 Å². The van der Waals surface area contributed by atoms with E-state index in [9.17, 15) is 0 Å². The van der Waals surface area contributed by atoms with Gasteiger partial charge in [0.2, 0.25) is 0 Å². The molecule has 0 saturated carbocycles. The molecule has 0 amide bonds. The number of carboxylic acid groups (broad SMARTS) is 1. The van der Waals surface area contributed by atoms with Crippen LogP contribution in [0.1, 0.15) is 42.0 Å². The molecule has 0 spiro atoms. The lowest BCUT2D eigenvalue weighted by Crippen LogP contribution is -2.23. The molecule has 1 aromatic carbocycles. The molecule has 1 aliphatic heterocycles. The van der Waals surface area contributed by atoms with Crippen LogP contribution >= 0.6 is 0 Å². The number of nitrogens with one attached hydrogen (secondary N) is 2. The Morgan fingerprint density at radius 2 is 2.14 bits per heavy atom. The SMILES string of the molecule is CCCCOc1nc(N)c2[nH]cc(Cc3ccc4c(c3)CNCC4)c2n1.O=CO. The second kappa shape index (κ2) is 9.88. The molecule has 0 aliphatic carbocycles. The zero-order valence-electron chi connectivity index (χ0n) is 16.6. The first-order chi connectivity index (χ1) is 14.2. The minimum Gasteiger partial charge on any atom is -0.483 e. The summed E-state index contributed by atoms with van der Waals surface area (Å²) < 4.78 is 5.66. The number of fused-ring (bicyclic) bond motifs is 2. The number of hydrogen-bond acceptors (Lipinski definition) is 6. The average Bonchev–Trinajstić information content (AvgIpc) is 3.12. The van der Waals surface area contributed by atoms with Crippen molar-refractivity contribution in [3.63, 3.8) is 0 Å². The van der Waals surface area contributed by atoms with Gasteiger partial charge in [-0.25, -0.2) is 0 Å². The summed E-state index contributed by atoms with van der Waals surface area (Å²) in [4.78, 5) is 20.4. The molecule has 0 bridgehead atoms. The molecule has 154 valence electrons. The Labute approximate surface area is 169 Å². The molecular weight excluding hydrogens is 370 g/mol. The van der Waals surface area contributed by atoms with Crippen LogP contribution in [0.25, 0.3) is 11.0 Å². The van der Waals surface area contributed by atoms with Crippen LogP contribution in [0.5, 0.6) is 6.01 Å². The average molecular weight is 397 g/mol. The number of unbranched alkanes of at least 4 members (excludes halogenated alkanes) is 1. The van der Waals surface area contributed by atoms with Crippen LogP contribution in [-0.2, 0) is 24.2 Å². The number of benzene rings is 1. The van der Waals surface area contributed by atoms with Crippen LogP contribution < -0.4 is 15.8 Å². The van der Waals surface area contributed by atoms with Crippen molar-refractivity contribution in [2.24, 2.45) is 0 Å². The summed E-state index contributed by atoms with van der Waals surface area (Å²) in [5.41, 5.74) is 12.9. The molecular formula is C21H27N5O3. The molecule has 0 unspecified atom stereocenters. The number of nitrogens with zero attached hydrogens (tertiary/aromatic N) is 2. The smallest absolute Gasteiger partial charge is 0.319 e. The summed E-state index contributed by atoms with van der Waals surface area (Å²) >= 11 is 0. The number of H-pyrrole nitrogens is 1. The molecule has 8 nitrogen and oxygen atoms in total. The highest BCUT2D eigenvalue weighted by atomic mass is 16.5. The number of ether oxygens (including phenoxy) is 1. The van der Waals surface area contributed by atoms with Crippen LogP contribution in [0.4, 0.5) is 5.82 Å². The van der Waals surface area contributed by atoms with Gasteiger partial charge >= 0.3 is 6.01 Å². The Bertz CT molecular complexity index is 970. The van der Waals surface area contributed by atoms with E-state index < -0.39 is 0 Å². The maximum atomic E-state index is 8.36. The molecule has 0 atom stereocenters. The normalized spacial score (nSPS) is 12.7. The number of nitrogen functional groups attached to an aromatic ring is 1. The number of aromatic amines is 1. The maximum absolute atomic E-state index is 8.36. The largest absolute Gasteiger partial charge is 0.483 e. The van der Waals surface area contributed by atoms with E-state index in [1.807, 2.05) is 6.20 Å². The summed E-state index contributed by atoms with van der Waals surface area (Å²) in [5, 5.41) is 10.3. The number of hydrogen-bond donors (Lipinski definition) is 4. The van der Waals surface area contributed by atoms with Gasteiger partial charge in [-0.05, 0) is 36.1 Å². The number of aromatic nitrogens is 3. The minimum atomic E-state index is -0.250. The third-order valence-electron chi connectivity index (χ3n) is 4.89. The lowest BCUT2D eigenvalue weighted by Gasteiger charge is -2.17. The van der Waals surface area contributed by atoms with Crippen molar-refractivity contribution in [2.75, 3.05) is 18.9 Å². The predicted molar refractivity (Wildman–Crippen MR) is 112 cm³/mol.